The first-order valence-electron chi connectivity index (χ1n) is 9.87. The van der Waals surface area contributed by atoms with Gasteiger partial charge in [-0.15, -0.1) is 0 Å². The summed E-state index contributed by atoms with van der Waals surface area (Å²) in [5.41, 5.74) is 3.90. The van der Waals surface area contributed by atoms with Gasteiger partial charge < -0.3 is 14.5 Å². The Morgan fingerprint density at radius 1 is 1.03 bits per heavy atom. The van der Waals surface area contributed by atoms with E-state index in [4.69, 9.17) is 4.74 Å². The van der Waals surface area contributed by atoms with Gasteiger partial charge in [0, 0.05) is 24.9 Å². The molecule has 0 atom stereocenters. The fourth-order valence-electron chi connectivity index (χ4n) is 3.13. The standard InChI is InChI=1S/C24H26N2O3/c1-2-3-14-29-24(27)21-15-22(16-23(25-28)20-12-8-5-9-13-20)26(18-21)17-19-10-6-4-7-11-19/h4-13,15,18,28H,2-3,14,16-17H2,1H3/b25-23-. The van der Waals surface area contributed by atoms with Crippen molar-refractivity contribution in [1.29, 1.82) is 0 Å². The lowest BCUT2D eigenvalue weighted by molar-refractivity contribution is 0.0499. The highest BCUT2D eigenvalue weighted by Crippen LogP contribution is 2.17. The molecule has 1 aromatic heterocycles. The summed E-state index contributed by atoms with van der Waals surface area (Å²) in [6.07, 6.45) is 4.03. The monoisotopic (exact) mass is 390 g/mol. The first-order chi connectivity index (χ1) is 14.2. The molecule has 0 aliphatic rings. The molecule has 0 saturated carbocycles. The normalized spacial score (nSPS) is 11.4. The maximum Gasteiger partial charge on any atom is 0.339 e. The number of carbonyl (C=O) groups excluding carboxylic acids is 1. The van der Waals surface area contributed by atoms with Crippen LogP contribution in [0.5, 0.6) is 0 Å². The van der Waals surface area contributed by atoms with Crippen LogP contribution in [0.1, 0.15) is 46.9 Å². The van der Waals surface area contributed by atoms with Crippen molar-refractivity contribution in [3.05, 3.63) is 95.3 Å². The Bertz CT molecular complexity index is 947. The van der Waals surface area contributed by atoms with E-state index < -0.39 is 0 Å². The minimum Gasteiger partial charge on any atom is -0.462 e. The van der Waals surface area contributed by atoms with Gasteiger partial charge in [-0.2, -0.15) is 0 Å². The van der Waals surface area contributed by atoms with Crippen LogP contribution in [0.25, 0.3) is 0 Å². The molecule has 5 heteroatoms. The number of hydrogen-bond acceptors (Lipinski definition) is 4. The summed E-state index contributed by atoms with van der Waals surface area (Å²) in [6.45, 7) is 3.09. The van der Waals surface area contributed by atoms with Gasteiger partial charge in [0.1, 0.15) is 0 Å². The Kier molecular flexibility index (Phi) is 7.22. The summed E-state index contributed by atoms with van der Waals surface area (Å²) >= 11 is 0. The first-order valence-corrected chi connectivity index (χ1v) is 9.87. The van der Waals surface area contributed by atoms with Crippen molar-refractivity contribution in [3.63, 3.8) is 0 Å². The van der Waals surface area contributed by atoms with Gasteiger partial charge in [-0.1, -0.05) is 79.2 Å². The van der Waals surface area contributed by atoms with Crippen molar-refractivity contribution in [1.82, 2.24) is 4.57 Å². The van der Waals surface area contributed by atoms with Gasteiger partial charge in [-0.05, 0) is 23.6 Å². The first kappa shape index (κ1) is 20.4. The minimum atomic E-state index is -0.325. The van der Waals surface area contributed by atoms with Gasteiger partial charge in [0.05, 0.1) is 17.9 Å². The van der Waals surface area contributed by atoms with Gasteiger partial charge in [-0.3, -0.25) is 0 Å². The highest BCUT2D eigenvalue weighted by Gasteiger charge is 2.16. The molecule has 0 unspecified atom stereocenters. The van der Waals surface area contributed by atoms with Crippen molar-refractivity contribution in [2.24, 2.45) is 5.16 Å². The number of oxime groups is 1. The van der Waals surface area contributed by atoms with Crippen molar-refractivity contribution >= 4 is 11.7 Å². The number of ether oxygens (including phenoxy) is 1. The Balaban J connectivity index is 1.87. The van der Waals surface area contributed by atoms with Crippen LogP contribution in [0.3, 0.4) is 0 Å². The second kappa shape index (κ2) is 10.3. The summed E-state index contributed by atoms with van der Waals surface area (Å²) in [5.74, 6) is -0.325. The number of esters is 1. The molecule has 0 fully saturated rings. The van der Waals surface area contributed by atoms with Crippen LogP contribution in [0, 0.1) is 0 Å². The SMILES string of the molecule is CCCCOC(=O)c1cc(C/C(=N/O)c2ccccc2)n(Cc2ccccc2)c1. The Morgan fingerprint density at radius 3 is 2.38 bits per heavy atom. The molecule has 5 nitrogen and oxygen atoms in total. The maximum atomic E-state index is 12.4. The average molecular weight is 390 g/mol. The van der Waals surface area contributed by atoms with E-state index >= 15 is 0 Å². The van der Waals surface area contributed by atoms with Crippen LogP contribution < -0.4 is 0 Å². The number of carbonyl (C=O) groups is 1. The van der Waals surface area contributed by atoms with Crippen LogP contribution in [-0.2, 0) is 17.7 Å². The highest BCUT2D eigenvalue weighted by molar-refractivity contribution is 6.01. The summed E-state index contributed by atoms with van der Waals surface area (Å²) in [4.78, 5) is 12.4. The number of rotatable bonds is 9. The fourth-order valence-corrected chi connectivity index (χ4v) is 3.13. The molecule has 0 saturated heterocycles. The number of benzene rings is 2. The third-order valence-electron chi connectivity index (χ3n) is 4.72. The zero-order chi connectivity index (χ0) is 20.5. The molecular formula is C24H26N2O3. The van der Waals surface area contributed by atoms with E-state index in [9.17, 15) is 10.0 Å². The summed E-state index contributed by atoms with van der Waals surface area (Å²) in [5, 5.41) is 13.1. The van der Waals surface area contributed by atoms with Crippen molar-refractivity contribution in [2.75, 3.05) is 6.61 Å². The van der Waals surface area contributed by atoms with E-state index in [1.807, 2.05) is 77.5 Å². The van der Waals surface area contributed by atoms with Crippen LogP contribution in [0.2, 0.25) is 0 Å². The van der Waals surface area contributed by atoms with Crippen molar-refractivity contribution < 1.29 is 14.7 Å². The summed E-state index contributed by atoms with van der Waals surface area (Å²) in [7, 11) is 0. The van der Waals surface area contributed by atoms with Gasteiger partial charge >= 0.3 is 5.97 Å². The van der Waals surface area contributed by atoms with E-state index in [1.54, 1.807) is 0 Å². The largest absolute Gasteiger partial charge is 0.462 e. The molecule has 1 heterocycles. The van der Waals surface area contributed by atoms with E-state index in [1.165, 1.54) is 0 Å². The van der Waals surface area contributed by atoms with E-state index in [0.717, 1.165) is 29.7 Å². The molecule has 29 heavy (non-hydrogen) atoms. The smallest absolute Gasteiger partial charge is 0.339 e. The average Bonchev–Trinajstić information content (AvgIpc) is 3.16. The lowest BCUT2D eigenvalue weighted by atomic mass is 10.1. The van der Waals surface area contributed by atoms with Crippen molar-refractivity contribution in [2.45, 2.75) is 32.7 Å². The topological polar surface area (TPSA) is 63.8 Å². The third-order valence-corrected chi connectivity index (χ3v) is 4.72. The molecule has 3 aromatic rings. The Hall–Kier alpha value is -3.34. The van der Waals surface area contributed by atoms with Gasteiger partial charge in [-0.25, -0.2) is 4.79 Å². The number of unbranched alkanes of at least 4 members (excludes halogenated alkanes) is 1. The van der Waals surface area contributed by atoms with E-state index in [0.29, 0.717) is 30.8 Å². The molecule has 0 spiro atoms. The van der Waals surface area contributed by atoms with Gasteiger partial charge in [0.2, 0.25) is 0 Å². The fraction of sp³-hybridized carbons (Fsp3) is 0.250. The third kappa shape index (κ3) is 5.57. The summed E-state index contributed by atoms with van der Waals surface area (Å²) < 4.78 is 7.38. The van der Waals surface area contributed by atoms with Gasteiger partial charge in [0.15, 0.2) is 0 Å². The van der Waals surface area contributed by atoms with Crippen LogP contribution in [0.15, 0.2) is 78.1 Å². The van der Waals surface area contributed by atoms with Gasteiger partial charge in [0.25, 0.3) is 0 Å². The molecule has 1 N–H and O–H groups in total. The quantitative estimate of drug-likeness (QED) is 0.186. The molecule has 150 valence electrons. The van der Waals surface area contributed by atoms with Crippen LogP contribution in [-0.4, -0.2) is 28.1 Å². The molecular weight excluding hydrogens is 364 g/mol. The number of aromatic nitrogens is 1. The minimum absolute atomic E-state index is 0.325. The lowest BCUT2D eigenvalue weighted by Crippen LogP contribution is -2.10. The zero-order valence-corrected chi connectivity index (χ0v) is 16.6. The summed E-state index contributed by atoms with van der Waals surface area (Å²) in [6, 6.07) is 21.4. The molecule has 0 aliphatic heterocycles. The highest BCUT2D eigenvalue weighted by atomic mass is 16.5. The molecule has 2 aromatic carbocycles. The second-order valence-corrected chi connectivity index (χ2v) is 6.91. The number of hydrogen-bond donors (Lipinski definition) is 1. The molecule has 0 bridgehead atoms. The lowest BCUT2D eigenvalue weighted by Gasteiger charge is -2.10. The van der Waals surface area contributed by atoms with Crippen LogP contribution >= 0.6 is 0 Å². The molecule has 0 amide bonds. The zero-order valence-electron chi connectivity index (χ0n) is 16.6. The van der Waals surface area contributed by atoms with Crippen molar-refractivity contribution in [3.8, 4) is 0 Å². The predicted molar refractivity (Wildman–Crippen MR) is 114 cm³/mol. The second-order valence-electron chi connectivity index (χ2n) is 6.91. The molecule has 0 radical (unpaired) electrons. The molecule has 3 rings (SSSR count). The molecule has 0 aliphatic carbocycles. The number of nitrogens with zero attached hydrogens (tertiary/aromatic N) is 2. The van der Waals surface area contributed by atoms with E-state index in [2.05, 4.69) is 12.1 Å². The Labute approximate surface area is 171 Å². The van der Waals surface area contributed by atoms with Crippen LogP contribution in [0.4, 0.5) is 0 Å². The predicted octanol–water partition coefficient (Wildman–Crippen LogP) is 4.91. The van der Waals surface area contributed by atoms with E-state index in [-0.39, 0.29) is 5.97 Å². The maximum absolute atomic E-state index is 12.4. The Morgan fingerprint density at radius 2 is 1.72 bits per heavy atom.